The zero-order chi connectivity index (χ0) is 27.5. The van der Waals surface area contributed by atoms with Gasteiger partial charge in [-0.3, -0.25) is 9.10 Å². The standard InChI is InChI=1S/C25H25Cl2N3O6S2/c1-36-24-12-10-20(37(32,33)29-13-5-6-14-29)16-23(24)28-25(31)17-30(18-9-11-21(26)22(27)15-18)38(34,35)19-7-3-2-4-8-19/h2-4,7-12,15-16H,5-6,13-14,17H2,1H3,(H,28,31). The number of amides is 1. The number of carbonyl (C=O) groups excluding carboxylic acids is 1. The van der Waals surface area contributed by atoms with Crippen LogP contribution in [0, 0.1) is 0 Å². The van der Waals surface area contributed by atoms with Crippen molar-refractivity contribution in [3.8, 4) is 5.75 Å². The highest BCUT2D eigenvalue weighted by atomic mass is 35.5. The van der Waals surface area contributed by atoms with Gasteiger partial charge in [0.05, 0.1) is 38.3 Å². The first-order chi connectivity index (χ1) is 18.0. The maximum absolute atomic E-state index is 13.5. The Labute approximate surface area is 232 Å². The Morgan fingerprint density at radius 1 is 0.921 bits per heavy atom. The van der Waals surface area contributed by atoms with E-state index in [1.165, 1.54) is 59.9 Å². The Hall–Kier alpha value is -2.83. The van der Waals surface area contributed by atoms with Gasteiger partial charge in [0.1, 0.15) is 12.3 Å². The fourth-order valence-electron chi connectivity index (χ4n) is 4.02. The number of nitrogens with one attached hydrogen (secondary N) is 1. The number of anilines is 2. The lowest BCUT2D eigenvalue weighted by molar-refractivity contribution is -0.114. The smallest absolute Gasteiger partial charge is 0.264 e. The van der Waals surface area contributed by atoms with Crippen LogP contribution >= 0.6 is 23.2 Å². The van der Waals surface area contributed by atoms with E-state index in [2.05, 4.69) is 5.32 Å². The molecule has 1 fully saturated rings. The minimum absolute atomic E-state index is 0.00579. The molecule has 1 amide bonds. The third kappa shape index (κ3) is 5.92. The fourth-order valence-corrected chi connectivity index (χ4v) is 7.29. The first-order valence-electron chi connectivity index (χ1n) is 11.5. The van der Waals surface area contributed by atoms with E-state index in [9.17, 15) is 21.6 Å². The molecule has 3 aromatic carbocycles. The van der Waals surface area contributed by atoms with Crippen molar-refractivity contribution < 1.29 is 26.4 Å². The summed E-state index contributed by atoms with van der Waals surface area (Å²) in [5.41, 5.74) is 0.208. The second-order valence-corrected chi connectivity index (χ2v) is 13.1. The second kappa shape index (κ2) is 11.5. The molecule has 0 aliphatic carbocycles. The van der Waals surface area contributed by atoms with Crippen molar-refractivity contribution in [3.05, 3.63) is 76.8 Å². The molecule has 0 saturated carbocycles. The van der Waals surface area contributed by atoms with Crippen molar-refractivity contribution in [2.45, 2.75) is 22.6 Å². The Balaban J connectivity index is 1.67. The van der Waals surface area contributed by atoms with E-state index in [0.717, 1.165) is 17.1 Å². The van der Waals surface area contributed by atoms with E-state index in [4.69, 9.17) is 27.9 Å². The average Bonchev–Trinajstić information content (AvgIpc) is 3.45. The highest BCUT2D eigenvalue weighted by Gasteiger charge is 2.30. The zero-order valence-electron chi connectivity index (χ0n) is 20.3. The summed E-state index contributed by atoms with van der Waals surface area (Å²) < 4.78 is 60.7. The summed E-state index contributed by atoms with van der Waals surface area (Å²) in [6.45, 7) is 0.208. The highest BCUT2D eigenvalue weighted by Crippen LogP contribution is 2.32. The number of carbonyl (C=O) groups is 1. The van der Waals surface area contributed by atoms with E-state index < -0.39 is 32.5 Å². The third-order valence-corrected chi connectivity index (χ3v) is 10.4. The number of methoxy groups -OCH3 is 1. The average molecular weight is 599 g/mol. The summed E-state index contributed by atoms with van der Waals surface area (Å²) in [6, 6.07) is 16.0. The topological polar surface area (TPSA) is 113 Å². The molecular weight excluding hydrogens is 573 g/mol. The van der Waals surface area contributed by atoms with Crippen LogP contribution in [0.25, 0.3) is 0 Å². The van der Waals surface area contributed by atoms with Crippen LogP contribution in [-0.4, -0.2) is 53.8 Å². The maximum atomic E-state index is 13.5. The van der Waals surface area contributed by atoms with Crippen molar-refractivity contribution in [3.63, 3.8) is 0 Å². The van der Waals surface area contributed by atoms with Crippen LogP contribution in [0.15, 0.2) is 76.5 Å². The predicted molar refractivity (Wildman–Crippen MR) is 147 cm³/mol. The summed E-state index contributed by atoms with van der Waals surface area (Å²) in [5, 5.41) is 2.93. The largest absolute Gasteiger partial charge is 0.495 e. The number of hydrogen-bond donors (Lipinski definition) is 1. The summed E-state index contributed by atoms with van der Waals surface area (Å²) >= 11 is 12.2. The zero-order valence-corrected chi connectivity index (χ0v) is 23.4. The lowest BCUT2D eigenvalue weighted by atomic mass is 10.3. The Morgan fingerprint density at radius 2 is 1.61 bits per heavy atom. The van der Waals surface area contributed by atoms with Crippen LogP contribution < -0.4 is 14.4 Å². The van der Waals surface area contributed by atoms with Gasteiger partial charge in [-0.25, -0.2) is 16.8 Å². The van der Waals surface area contributed by atoms with E-state index >= 15 is 0 Å². The molecule has 1 N–H and O–H groups in total. The first-order valence-corrected chi connectivity index (χ1v) is 15.2. The van der Waals surface area contributed by atoms with Crippen LogP contribution in [0.5, 0.6) is 5.75 Å². The van der Waals surface area contributed by atoms with Gasteiger partial charge in [-0.15, -0.1) is 0 Å². The molecule has 38 heavy (non-hydrogen) atoms. The van der Waals surface area contributed by atoms with Crippen molar-refractivity contribution >= 4 is 60.5 Å². The molecule has 202 valence electrons. The molecule has 9 nitrogen and oxygen atoms in total. The Bertz CT molecular complexity index is 1540. The van der Waals surface area contributed by atoms with Gasteiger partial charge < -0.3 is 10.1 Å². The van der Waals surface area contributed by atoms with Crippen molar-refractivity contribution in [1.82, 2.24) is 4.31 Å². The summed E-state index contributed by atoms with van der Waals surface area (Å²) in [5.74, 6) is -0.518. The van der Waals surface area contributed by atoms with Crippen LogP contribution in [0.2, 0.25) is 10.0 Å². The molecule has 3 aromatic rings. The maximum Gasteiger partial charge on any atom is 0.264 e. The van der Waals surface area contributed by atoms with Gasteiger partial charge in [0, 0.05) is 13.1 Å². The van der Waals surface area contributed by atoms with Gasteiger partial charge in [0.15, 0.2) is 0 Å². The summed E-state index contributed by atoms with van der Waals surface area (Å²) in [6.07, 6.45) is 1.55. The molecule has 0 aromatic heterocycles. The lowest BCUT2D eigenvalue weighted by Gasteiger charge is -2.25. The van der Waals surface area contributed by atoms with E-state index in [1.54, 1.807) is 18.2 Å². The molecule has 1 saturated heterocycles. The second-order valence-electron chi connectivity index (χ2n) is 8.44. The molecule has 13 heteroatoms. The number of sulfonamides is 2. The minimum atomic E-state index is -4.19. The molecule has 1 aliphatic heterocycles. The van der Waals surface area contributed by atoms with Crippen LogP contribution in [0.3, 0.4) is 0 Å². The van der Waals surface area contributed by atoms with E-state index in [1.807, 2.05) is 0 Å². The van der Waals surface area contributed by atoms with Gasteiger partial charge in [-0.2, -0.15) is 4.31 Å². The number of nitrogens with zero attached hydrogens (tertiary/aromatic N) is 2. The van der Waals surface area contributed by atoms with Gasteiger partial charge in [-0.05, 0) is 61.4 Å². The number of ether oxygens (including phenoxy) is 1. The fraction of sp³-hybridized carbons (Fsp3) is 0.240. The Morgan fingerprint density at radius 3 is 2.24 bits per heavy atom. The summed E-state index contributed by atoms with van der Waals surface area (Å²) in [4.78, 5) is 13.2. The van der Waals surface area contributed by atoms with Gasteiger partial charge in [0.25, 0.3) is 10.0 Å². The molecule has 0 unspecified atom stereocenters. The van der Waals surface area contributed by atoms with Crippen LogP contribution in [0.1, 0.15) is 12.8 Å². The first kappa shape index (κ1) is 28.2. The van der Waals surface area contributed by atoms with Crippen molar-refractivity contribution in [1.29, 1.82) is 0 Å². The number of benzene rings is 3. The van der Waals surface area contributed by atoms with Crippen molar-refractivity contribution in [2.24, 2.45) is 0 Å². The molecule has 4 rings (SSSR count). The SMILES string of the molecule is COc1ccc(S(=O)(=O)N2CCCC2)cc1NC(=O)CN(c1ccc(Cl)c(Cl)c1)S(=O)(=O)c1ccccc1. The normalized spacial score (nSPS) is 14.3. The molecule has 0 atom stereocenters. The van der Waals surface area contributed by atoms with Gasteiger partial charge >= 0.3 is 0 Å². The molecule has 1 heterocycles. The van der Waals surface area contributed by atoms with Gasteiger partial charge in [-0.1, -0.05) is 41.4 Å². The molecule has 1 aliphatic rings. The van der Waals surface area contributed by atoms with E-state index in [-0.39, 0.29) is 37.0 Å². The summed E-state index contributed by atoms with van der Waals surface area (Å²) in [7, 11) is -6.58. The third-order valence-electron chi connectivity index (χ3n) is 5.96. The van der Waals surface area contributed by atoms with Crippen LogP contribution in [-0.2, 0) is 24.8 Å². The molecule has 0 radical (unpaired) electrons. The monoisotopic (exact) mass is 597 g/mol. The van der Waals surface area contributed by atoms with Crippen molar-refractivity contribution in [2.75, 3.05) is 36.4 Å². The highest BCUT2D eigenvalue weighted by molar-refractivity contribution is 7.92. The minimum Gasteiger partial charge on any atom is -0.495 e. The lowest BCUT2D eigenvalue weighted by Crippen LogP contribution is -2.38. The van der Waals surface area contributed by atoms with Crippen LogP contribution in [0.4, 0.5) is 11.4 Å². The predicted octanol–water partition coefficient (Wildman–Crippen LogP) is 4.62. The van der Waals surface area contributed by atoms with E-state index in [0.29, 0.717) is 13.1 Å². The molecule has 0 bridgehead atoms. The quantitative estimate of drug-likeness (QED) is 0.385. The number of hydrogen-bond acceptors (Lipinski definition) is 6. The molecular formula is C25H25Cl2N3O6S2. The number of rotatable bonds is 9. The van der Waals surface area contributed by atoms with Gasteiger partial charge in [0.2, 0.25) is 15.9 Å². The number of halogens is 2. The Kier molecular flexibility index (Phi) is 8.53. The molecule has 0 spiro atoms.